The third-order valence-corrected chi connectivity index (χ3v) is 5.71. The van der Waals surface area contributed by atoms with Crippen LogP contribution in [0.1, 0.15) is 16.7 Å². The number of carbonyl (C=O) groups excluding carboxylic acids is 1. The zero-order valence-corrected chi connectivity index (χ0v) is 16.5. The number of thiazole rings is 1. The molecule has 1 amide bonds. The predicted molar refractivity (Wildman–Crippen MR) is 109 cm³/mol. The van der Waals surface area contributed by atoms with Gasteiger partial charge < -0.3 is 16.4 Å². The molecule has 0 saturated carbocycles. The highest BCUT2D eigenvalue weighted by Crippen LogP contribution is 2.36. The van der Waals surface area contributed by atoms with Gasteiger partial charge in [0.15, 0.2) is 5.13 Å². The van der Waals surface area contributed by atoms with Gasteiger partial charge in [-0.3, -0.25) is 4.79 Å². The van der Waals surface area contributed by atoms with E-state index in [-0.39, 0.29) is 18.4 Å². The largest absolute Gasteiger partial charge is 0.416 e. The molecule has 1 aliphatic rings. The van der Waals surface area contributed by atoms with Crippen molar-refractivity contribution in [3.8, 4) is 10.4 Å². The van der Waals surface area contributed by atoms with Crippen LogP contribution < -0.4 is 16.4 Å². The Labute approximate surface area is 174 Å². The van der Waals surface area contributed by atoms with Gasteiger partial charge in [0.1, 0.15) is 5.82 Å². The summed E-state index contributed by atoms with van der Waals surface area (Å²) in [4.78, 5) is 21.1. The predicted octanol–water partition coefficient (Wildman–Crippen LogP) is 3.70. The first-order valence-corrected chi connectivity index (χ1v) is 10.0. The Morgan fingerprint density at radius 2 is 1.97 bits per heavy atom. The number of pyridine rings is 1. The van der Waals surface area contributed by atoms with Crippen molar-refractivity contribution in [2.75, 3.05) is 17.2 Å². The van der Waals surface area contributed by atoms with Crippen LogP contribution in [0.15, 0.2) is 42.7 Å². The summed E-state index contributed by atoms with van der Waals surface area (Å²) in [5, 5.41) is 6.58. The van der Waals surface area contributed by atoms with Gasteiger partial charge in [0.25, 0.3) is 0 Å². The van der Waals surface area contributed by atoms with E-state index in [1.54, 1.807) is 12.4 Å². The molecule has 3 heterocycles. The van der Waals surface area contributed by atoms with Crippen molar-refractivity contribution >= 4 is 28.2 Å². The van der Waals surface area contributed by atoms with E-state index in [0.29, 0.717) is 23.9 Å². The van der Waals surface area contributed by atoms with Gasteiger partial charge in [0.05, 0.1) is 16.9 Å². The lowest BCUT2D eigenvalue weighted by Crippen LogP contribution is -2.31. The van der Waals surface area contributed by atoms with E-state index in [1.807, 2.05) is 6.07 Å². The van der Waals surface area contributed by atoms with Crippen molar-refractivity contribution in [1.82, 2.24) is 9.97 Å². The number of nitrogens with one attached hydrogen (secondary N) is 2. The maximum atomic E-state index is 12.6. The summed E-state index contributed by atoms with van der Waals surface area (Å²) in [5.74, 6) is 0.501. The Hall–Kier alpha value is -2.98. The highest BCUT2D eigenvalue weighted by molar-refractivity contribution is 7.18. The second-order valence-electron chi connectivity index (χ2n) is 6.98. The van der Waals surface area contributed by atoms with Crippen LogP contribution in [0.3, 0.4) is 0 Å². The van der Waals surface area contributed by atoms with Crippen molar-refractivity contribution in [3.63, 3.8) is 0 Å². The molecule has 0 bridgehead atoms. The average Bonchev–Trinajstić information content (AvgIpc) is 3.31. The van der Waals surface area contributed by atoms with Crippen LogP contribution in [0.4, 0.5) is 24.1 Å². The van der Waals surface area contributed by atoms with Crippen LogP contribution in [0.5, 0.6) is 0 Å². The quantitative estimate of drug-likeness (QED) is 0.551. The molecule has 10 heteroatoms. The SMILES string of the molecule is N[C@H](CNc1ncc(-c2ccnc3c2CC(=O)N3)s1)Cc1ccc(C(F)(F)F)cc1. The molecule has 0 saturated heterocycles. The van der Waals surface area contributed by atoms with Gasteiger partial charge in [-0.15, -0.1) is 0 Å². The van der Waals surface area contributed by atoms with Crippen molar-refractivity contribution in [2.24, 2.45) is 5.73 Å². The first-order chi connectivity index (χ1) is 14.3. The van der Waals surface area contributed by atoms with Crippen molar-refractivity contribution in [2.45, 2.75) is 25.1 Å². The fraction of sp³-hybridized carbons (Fsp3) is 0.250. The smallest absolute Gasteiger partial charge is 0.360 e. The van der Waals surface area contributed by atoms with Crippen LogP contribution in [0.2, 0.25) is 0 Å². The van der Waals surface area contributed by atoms with Gasteiger partial charge in [0.2, 0.25) is 5.91 Å². The number of hydrogen-bond acceptors (Lipinski definition) is 6. The Bertz CT molecular complexity index is 1070. The number of nitrogens with two attached hydrogens (primary N) is 1. The van der Waals surface area contributed by atoms with Gasteiger partial charge in [-0.05, 0) is 30.2 Å². The van der Waals surface area contributed by atoms with Crippen molar-refractivity contribution in [1.29, 1.82) is 0 Å². The molecule has 0 unspecified atom stereocenters. The molecular weight excluding hydrogens is 415 g/mol. The maximum absolute atomic E-state index is 12.6. The first kappa shape index (κ1) is 20.3. The molecular formula is C20H18F3N5OS. The van der Waals surface area contributed by atoms with Crippen LogP contribution >= 0.6 is 11.3 Å². The summed E-state index contributed by atoms with van der Waals surface area (Å²) in [6.45, 7) is 0.419. The minimum Gasteiger partial charge on any atom is -0.360 e. The molecule has 1 aliphatic heterocycles. The van der Waals surface area contributed by atoms with E-state index in [4.69, 9.17) is 5.73 Å². The molecule has 2 aromatic heterocycles. The normalized spacial score (nSPS) is 14.3. The molecule has 156 valence electrons. The number of halogens is 3. The molecule has 6 nitrogen and oxygen atoms in total. The third-order valence-electron chi connectivity index (χ3n) is 4.72. The summed E-state index contributed by atoms with van der Waals surface area (Å²) in [6.07, 6.45) is -0.241. The van der Waals surface area contributed by atoms with Crippen LogP contribution in [0, 0.1) is 0 Å². The van der Waals surface area contributed by atoms with Crippen molar-refractivity contribution in [3.05, 3.63) is 59.4 Å². The Kier molecular flexibility index (Phi) is 5.44. The number of aromatic nitrogens is 2. The number of benzene rings is 1. The molecule has 0 aliphatic carbocycles. The summed E-state index contributed by atoms with van der Waals surface area (Å²) in [7, 11) is 0. The van der Waals surface area contributed by atoms with E-state index in [0.717, 1.165) is 33.7 Å². The topological polar surface area (TPSA) is 92.9 Å². The standard InChI is InChI=1S/C20H18F3N5OS/c21-20(22,23)12-3-1-11(2-4-12)7-13(24)9-26-19-27-10-16(30-19)14-5-6-25-18-15(14)8-17(29)28-18/h1-6,10,13H,7-9,24H2,(H,26,27)(H,25,28,29)/t13-/m0/s1. The molecule has 1 atom stereocenters. The molecule has 0 spiro atoms. The Balaban J connectivity index is 1.36. The van der Waals surface area contributed by atoms with Gasteiger partial charge in [-0.2, -0.15) is 13.2 Å². The van der Waals surface area contributed by atoms with Gasteiger partial charge in [-0.25, -0.2) is 9.97 Å². The second-order valence-corrected chi connectivity index (χ2v) is 8.01. The number of rotatable bonds is 6. The fourth-order valence-corrected chi connectivity index (χ4v) is 4.13. The van der Waals surface area contributed by atoms with E-state index < -0.39 is 11.7 Å². The second kappa shape index (κ2) is 8.04. The van der Waals surface area contributed by atoms with Crippen LogP contribution in [-0.2, 0) is 23.8 Å². The molecule has 4 N–H and O–H groups in total. The lowest BCUT2D eigenvalue weighted by molar-refractivity contribution is -0.137. The molecule has 1 aromatic carbocycles. The molecule has 3 aromatic rings. The molecule has 0 fully saturated rings. The number of fused-ring (bicyclic) bond motifs is 1. The summed E-state index contributed by atoms with van der Waals surface area (Å²) >= 11 is 1.44. The number of amides is 1. The Morgan fingerprint density at radius 3 is 2.70 bits per heavy atom. The maximum Gasteiger partial charge on any atom is 0.416 e. The minimum absolute atomic E-state index is 0.0814. The zero-order valence-electron chi connectivity index (χ0n) is 15.7. The fourth-order valence-electron chi connectivity index (χ4n) is 3.25. The molecule has 30 heavy (non-hydrogen) atoms. The van der Waals surface area contributed by atoms with Crippen molar-refractivity contribution < 1.29 is 18.0 Å². The van der Waals surface area contributed by atoms with E-state index in [1.165, 1.54) is 23.5 Å². The van der Waals surface area contributed by atoms with Crippen LogP contribution in [0.25, 0.3) is 10.4 Å². The third kappa shape index (κ3) is 4.44. The summed E-state index contributed by atoms with van der Waals surface area (Å²) in [6, 6.07) is 6.59. The minimum atomic E-state index is -4.34. The highest BCUT2D eigenvalue weighted by Gasteiger charge is 2.30. The average molecular weight is 433 g/mol. The lowest BCUT2D eigenvalue weighted by Gasteiger charge is -2.13. The van der Waals surface area contributed by atoms with Gasteiger partial charge in [-0.1, -0.05) is 23.5 Å². The summed E-state index contributed by atoms with van der Waals surface area (Å²) < 4.78 is 37.9. The number of anilines is 2. The number of carbonyl (C=O) groups is 1. The highest BCUT2D eigenvalue weighted by atomic mass is 32.1. The number of alkyl halides is 3. The number of nitrogens with zero attached hydrogens (tertiary/aromatic N) is 2. The first-order valence-electron chi connectivity index (χ1n) is 9.19. The Morgan fingerprint density at radius 1 is 1.20 bits per heavy atom. The zero-order chi connectivity index (χ0) is 21.3. The number of hydrogen-bond donors (Lipinski definition) is 3. The van der Waals surface area contributed by atoms with Gasteiger partial charge >= 0.3 is 6.18 Å². The molecule has 0 radical (unpaired) electrons. The monoisotopic (exact) mass is 433 g/mol. The summed E-state index contributed by atoms with van der Waals surface area (Å²) in [5.41, 5.74) is 7.96. The van der Waals surface area contributed by atoms with E-state index in [2.05, 4.69) is 20.6 Å². The van der Waals surface area contributed by atoms with Crippen LogP contribution in [-0.4, -0.2) is 28.5 Å². The van der Waals surface area contributed by atoms with E-state index >= 15 is 0 Å². The van der Waals surface area contributed by atoms with E-state index in [9.17, 15) is 18.0 Å². The molecule has 4 rings (SSSR count). The lowest BCUT2D eigenvalue weighted by atomic mass is 10.0. The van der Waals surface area contributed by atoms with Gasteiger partial charge in [0, 0.05) is 36.1 Å².